The number of halogens is 1. The summed E-state index contributed by atoms with van der Waals surface area (Å²) < 4.78 is 29.3. The molecule has 0 unspecified atom stereocenters. The van der Waals surface area contributed by atoms with Crippen LogP contribution in [0.15, 0.2) is 57.9 Å². The fraction of sp³-hybridized carbons (Fsp3) is 0.333. The van der Waals surface area contributed by atoms with Gasteiger partial charge in [0.15, 0.2) is 0 Å². The highest BCUT2D eigenvalue weighted by molar-refractivity contribution is 9.10. The Kier molecular flexibility index (Phi) is 4.69. The van der Waals surface area contributed by atoms with Crippen molar-refractivity contribution in [2.75, 3.05) is 0 Å². The van der Waals surface area contributed by atoms with E-state index in [1.807, 2.05) is 25.1 Å². The van der Waals surface area contributed by atoms with Gasteiger partial charge < -0.3 is 5.11 Å². The molecule has 1 fully saturated rings. The lowest BCUT2D eigenvalue weighted by Crippen LogP contribution is -2.33. The molecule has 6 heteroatoms. The third-order valence-corrected chi connectivity index (χ3v) is 7.67. The maximum Gasteiger partial charge on any atom is 0.268 e. The Bertz CT molecular complexity index is 1090. The van der Waals surface area contributed by atoms with E-state index >= 15 is 0 Å². The van der Waals surface area contributed by atoms with Gasteiger partial charge in [-0.2, -0.15) is 0 Å². The first-order chi connectivity index (χ1) is 12.8. The summed E-state index contributed by atoms with van der Waals surface area (Å²) in [6.45, 7) is 1.93. The van der Waals surface area contributed by atoms with Gasteiger partial charge >= 0.3 is 0 Å². The Morgan fingerprint density at radius 2 is 1.67 bits per heavy atom. The summed E-state index contributed by atoms with van der Waals surface area (Å²) >= 11 is 3.46. The van der Waals surface area contributed by atoms with Crippen molar-refractivity contribution in [3.63, 3.8) is 0 Å². The molecule has 27 heavy (non-hydrogen) atoms. The second-order valence-electron chi connectivity index (χ2n) is 7.41. The van der Waals surface area contributed by atoms with Gasteiger partial charge in [-0.05, 0) is 56.2 Å². The lowest BCUT2D eigenvalue weighted by molar-refractivity contribution is -0.00501. The third-order valence-electron chi connectivity index (χ3n) is 5.44. The van der Waals surface area contributed by atoms with Crippen molar-refractivity contribution in [2.45, 2.75) is 49.5 Å². The summed E-state index contributed by atoms with van der Waals surface area (Å²) in [6, 6.07) is 14.2. The van der Waals surface area contributed by atoms with E-state index < -0.39 is 15.6 Å². The third kappa shape index (κ3) is 3.24. The number of hydrogen-bond donors (Lipinski definition) is 1. The lowest BCUT2D eigenvalue weighted by Gasteiger charge is -2.33. The fourth-order valence-electron chi connectivity index (χ4n) is 3.95. The number of rotatable bonds is 3. The minimum Gasteiger partial charge on any atom is -0.384 e. The second kappa shape index (κ2) is 6.76. The molecule has 0 spiro atoms. The van der Waals surface area contributed by atoms with Gasteiger partial charge in [-0.15, -0.1) is 0 Å². The van der Waals surface area contributed by atoms with Gasteiger partial charge in [-0.3, -0.25) is 0 Å². The van der Waals surface area contributed by atoms with Crippen molar-refractivity contribution in [3.8, 4) is 0 Å². The number of aromatic nitrogens is 1. The van der Waals surface area contributed by atoms with E-state index in [9.17, 15) is 13.5 Å². The quantitative estimate of drug-likeness (QED) is 0.607. The second-order valence-corrected chi connectivity index (χ2v) is 10.1. The maximum atomic E-state index is 13.6. The van der Waals surface area contributed by atoms with Crippen LogP contribution in [0.25, 0.3) is 10.9 Å². The number of hydrogen-bond acceptors (Lipinski definition) is 3. The molecule has 1 N–H and O–H groups in total. The van der Waals surface area contributed by atoms with Crippen molar-refractivity contribution >= 4 is 36.9 Å². The van der Waals surface area contributed by atoms with Gasteiger partial charge in [-0.1, -0.05) is 52.9 Å². The number of benzene rings is 2. The Morgan fingerprint density at radius 3 is 2.33 bits per heavy atom. The summed E-state index contributed by atoms with van der Waals surface area (Å²) in [5.41, 5.74) is 0.937. The standard InChI is InChI=1S/C21H22BrNO3S/c1-15-5-8-18(9-6-15)27(25,26)23-19-10-7-17(22)13-16(19)14-20(23)21(24)11-3-2-4-12-21/h5-10,13-14,24H,2-4,11-12H2,1H3. The molecule has 2 aromatic carbocycles. The smallest absolute Gasteiger partial charge is 0.268 e. The van der Waals surface area contributed by atoms with Crippen LogP contribution in [0.5, 0.6) is 0 Å². The van der Waals surface area contributed by atoms with Crippen molar-refractivity contribution in [3.05, 3.63) is 64.3 Å². The molecule has 0 saturated heterocycles. The normalized spacial score (nSPS) is 17.3. The zero-order valence-electron chi connectivity index (χ0n) is 15.2. The van der Waals surface area contributed by atoms with Gasteiger partial charge in [0.05, 0.1) is 16.1 Å². The molecule has 0 bridgehead atoms. The van der Waals surface area contributed by atoms with Crippen LogP contribution in [0.2, 0.25) is 0 Å². The molecule has 0 aliphatic heterocycles. The average Bonchev–Trinajstić information content (AvgIpc) is 3.03. The number of aliphatic hydroxyl groups is 1. The van der Waals surface area contributed by atoms with Crippen LogP contribution < -0.4 is 0 Å². The van der Waals surface area contributed by atoms with Crippen molar-refractivity contribution < 1.29 is 13.5 Å². The fourth-order valence-corrected chi connectivity index (χ4v) is 5.93. The molecule has 1 saturated carbocycles. The van der Waals surface area contributed by atoms with Crippen LogP contribution >= 0.6 is 15.9 Å². The molecule has 0 radical (unpaired) electrons. The van der Waals surface area contributed by atoms with E-state index in [0.29, 0.717) is 24.1 Å². The summed E-state index contributed by atoms with van der Waals surface area (Å²) in [4.78, 5) is 0.231. The SMILES string of the molecule is Cc1ccc(S(=O)(=O)n2c(C3(O)CCCCC3)cc3cc(Br)ccc32)cc1. The minimum absolute atomic E-state index is 0.231. The van der Waals surface area contributed by atoms with Gasteiger partial charge in [-0.25, -0.2) is 12.4 Å². The molecule has 1 aliphatic rings. The summed E-state index contributed by atoms with van der Waals surface area (Å²) in [7, 11) is -3.83. The molecule has 3 aromatic rings. The van der Waals surface area contributed by atoms with Crippen molar-refractivity contribution in [1.82, 2.24) is 3.97 Å². The van der Waals surface area contributed by atoms with Crippen LogP contribution in [0.1, 0.15) is 43.4 Å². The Hall–Kier alpha value is -1.63. The molecule has 1 aromatic heterocycles. The van der Waals surface area contributed by atoms with E-state index in [0.717, 1.165) is 34.7 Å². The summed E-state index contributed by atoms with van der Waals surface area (Å²) in [6.07, 6.45) is 4.01. The van der Waals surface area contributed by atoms with Gasteiger partial charge in [0.25, 0.3) is 10.0 Å². The number of nitrogens with zero attached hydrogens (tertiary/aromatic N) is 1. The lowest BCUT2D eigenvalue weighted by atomic mass is 9.82. The molecule has 4 nitrogen and oxygen atoms in total. The van der Waals surface area contributed by atoms with Gasteiger partial charge in [0.1, 0.15) is 5.60 Å². The Labute approximate surface area is 168 Å². The number of fused-ring (bicyclic) bond motifs is 1. The van der Waals surface area contributed by atoms with Crippen molar-refractivity contribution in [1.29, 1.82) is 0 Å². The highest BCUT2D eigenvalue weighted by Crippen LogP contribution is 2.41. The van der Waals surface area contributed by atoms with Crippen LogP contribution in [-0.2, 0) is 15.6 Å². The predicted molar refractivity (Wildman–Crippen MR) is 110 cm³/mol. The largest absolute Gasteiger partial charge is 0.384 e. The van der Waals surface area contributed by atoms with E-state index in [4.69, 9.17) is 0 Å². The molecule has 1 heterocycles. The highest BCUT2D eigenvalue weighted by atomic mass is 79.9. The molecule has 142 valence electrons. The first-order valence-electron chi connectivity index (χ1n) is 9.17. The van der Waals surface area contributed by atoms with Gasteiger partial charge in [0, 0.05) is 9.86 Å². The Morgan fingerprint density at radius 1 is 1.00 bits per heavy atom. The molecule has 0 amide bonds. The van der Waals surface area contributed by atoms with Gasteiger partial charge in [0.2, 0.25) is 0 Å². The summed E-state index contributed by atoms with van der Waals surface area (Å²) in [5.74, 6) is 0. The van der Waals surface area contributed by atoms with Crippen LogP contribution in [-0.4, -0.2) is 17.5 Å². The van der Waals surface area contributed by atoms with E-state index in [1.165, 1.54) is 3.97 Å². The van der Waals surface area contributed by atoms with Crippen LogP contribution in [0.3, 0.4) is 0 Å². The van der Waals surface area contributed by atoms with E-state index in [2.05, 4.69) is 15.9 Å². The molecule has 1 aliphatic carbocycles. The minimum atomic E-state index is -3.83. The molecule has 4 rings (SSSR count). The average molecular weight is 448 g/mol. The van der Waals surface area contributed by atoms with Crippen LogP contribution in [0, 0.1) is 6.92 Å². The molecule has 0 atom stereocenters. The van der Waals surface area contributed by atoms with E-state index in [1.54, 1.807) is 30.3 Å². The first-order valence-corrected chi connectivity index (χ1v) is 11.4. The van der Waals surface area contributed by atoms with E-state index in [-0.39, 0.29) is 4.90 Å². The van der Waals surface area contributed by atoms with Crippen molar-refractivity contribution in [2.24, 2.45) is 0 Å². The molecular weight excluding hydrogens is 426 g/mol. The first kappa shape index (κ1) is 18.7. The van der Waals surface area contributed by atoms with Crippen LogP contribution in [0.4, 0.5) is 0 Å². The maximum absolute atomic E-state index is 13.6. The molecular formula is C21H22BrNO3S. The monoisotopic (exact) mass is 447 g/mol. The zero-order chi connectivity index (χ0) is 19.2. The zero-order valence-corrected chi connectivity index (χ0v) is 17.6. The summed E-state index contributed by atoms with van der Waals surface area (Å²) in [5, 5.41) is 12.2. The Balaban J connectivity index is 2.00. The highest BCUT2D eigenvalue weighted by Gasteiger charge is 2.38. The topological polar surface area (TPSA) is 59.3 Å². The predicted octanol–water partition coefficient (Wildman–Crippen LogP) is 5.10. The number of aryl methyl sites for hydroxylation is 1.